The quantitative estimate of drug-likeness (QED) is 0.847. The van der Waals surface area contributed by atoms with Crippen molar-refractivity contribution in [2.45, 2.75) is 45.6 Å². The number of β-amino-alcohol motifs (C(OH)–C–C–N with tert-alkyl or cyclic N) is 1. The van der Waals surface area contributed by atoms with E-state index >= 15 is 0 Å². The third-order valence-electron chi connectivity index (χ3n) is 3.77. The van der Waals surface area contributed by atoms with E-state index < -0.39 is 6.10 Å². The Morgan fingerprint density at radius 1 is 1.33 bits per heavy atom. The Kier molecular flexibility index (Phi) is 4.84. The van der Waals surface area contributed by atoms with Gasteiger partial charge in [0.1, 0.15) is 24.4 Å². The molecule has 1 saturated heterocycles. The zero-order valence-electron chi connectivity index (χ0n) is 14.2. The Balaban J connectivity index is 1.66. The van der Waals surface area contributed by atoms with Gasteiger partial charge in [-0.05, 0) is 20.8 Å². The van der Waals surface area contributed by atoms with Gasteiger partial charge in [0.05, 0.1) is 25.0 Å². The first-order chi connectivity index (χ1) is 11.5. The van der Waals surface area contributed by atoms with Gasteiger partial charge in [-0.25, -0.2) is 9.97 Å². The van der Waals surface area contributed by atoms with Gasteiger partial charge in [-0.1, -0.05) is 0 Å². The van der Waals surface area contributed by atoms with Gasteiger partial charge in [-0.3, -0.25) is 4.68 Å². The maximum absolute atomic E-state index is 10.3. The van der Waals surface area contributed by atoms with Crippen molar-refractivity contribution in [1.82, 2.24) is 19.7 Å². The number of hydrogen-bond donors (Lipinski definition) is 1. The van der Waals surface area contributed by atoms with Crippen LogP contribution in [0.5, 0.6) is 11.6 Å². The van der Waals surface area contributed by atoms with Crippen LogP contribution in [0, 0.1) is 0 Å². The van der Waals surface area contributed by atoms with Crippen molar-refractivity contribution in [3.8, 4) is 11.6 Å². The van der Waals surface area contributed by atoms with Crippen LogP contribution in [0.4, 0.5) is 5.82 Å². The summed E-state index contributed by atoms with van der Waals surface area (Å²) in [6.45, 7) is 7.67. The fourth-order valence-electron chi connectivity index (χ4n) is 2.62. The van der Waals surface area contributed by atoms with Gasteiger partial charge in [-0.2, -0.15) is 5.10 Å². The van der Waals surface area contributed by atoms with Crippen LogP contribution in [0.1, 0.15) is 20.8 Å². The molecule has 0 aromatic carbocycles. The van der Waals surface area contributed by atoms with Crippen molar-refractivity contribution >= 4 is 5.82 Å². The molecular formula is C16H23N5O3. The topological polar surface area (TPSA) is 85.5 Å². The average Bonchev–Trinajstić information content (AvgIpc) is 3.14. The molecule has 0 spiro atoms. The second-order valence-electron chi connectivity index (χ2n) is 6.04. The molecule has 0 aliphatic carbocycles. The molecule has 1 fully saturated rings. The summed E-state index contributed by atoms with van der Waals surface area (Å²) < 4.78 is 13.2. The minimum Gasteiger partial charge on any atom is -0.482 e. The van der Waals surface area contributed by atoms with Crippen LogP contribution < -0.4 is 14.4 Å². The van der Waals surface area contributed by atoms with Gasteiger partial charge in [0.25, 0.3) is 0 Å². The van der Waals surface area contributed by atoms with E-state index in [4.69, 9.17) is 9.47 Å². The van der Waals surface area contributed by atoms with Gasteiger partial charge in [0, 0.05) is 19.2 Å². The number of aliphatic hydroxyl groups is 1. The van der Waals surface area contributed by atoms with E-state index in [1.807, 2.05) is 31.9 Å². The molecule has 8 nitrogen and oxygen atoms in total. The van der Waals surface area contributed by atoms with E-state index in [1.54, 1.807) is 16.9 Å². The zero-order valence-corrected chi connectivity index (χ0v) is 14.2. The van der Waals surface area contributed by atoms with Crippen LogP contribution >= 0.6 is 0 Å². The van der Waals surface area contributed by atoms with Crippen LogP contribution in [0.2, 0.25) is 0 Å². The van der Waals surface area contributed by atoms with Crippen molar-refractivity contribution in [3.05, 3.63) is 24.8 Å². The number of rotatable bonds is 6. The SMILES string of the molecule is CCn1cc(O[C@@H]2CN(c3cc(OC(C)C)ncn3)C[C@H]2O)cn1. The van der Waals surface area contributed by atoms with Crippen molar-refractivity contribution < 1.29 is 14.6 Å². The fraction of sp³-hybridized carbons (Fsp3) is 0.562. The highest BCUT2D eigenvalue weighted by molar-refractivity contribution is 5.43. The number of anilines is 1. The van der Waals surface area contributed by atoms with Crippen LogP contribution in [0.3, 0.4) is 0 Å². The molecule has 2 aromatic heterocycles. The molecule has 3 heterocycles. The predicted molar refractivity (Wildman–Crippen MR) is 88.3 cm³/mol. The van der Waals surface area contributed by atoms with Crippen molar-refractivity contribution in [2.24, 2.45) is 0 Å². The van der Waals surface area contributed by atoms with Gasteiger partial charge in [-0.15, -0.1) is 0 Å². The number of aryl methyl sites for hydroxylation is 1. The zero-order chi connectivity index (χ0) is 17.1. The molecule has 1 N–H and O–H groups in total. The first-order valence-electron chi connectivity index (χ1n) is 8.16. The standard InChI is InChI=1S/C16H23N5O3/c1-4-21-7-12(6-19-21)24-14-9-20(8-13(14)22)15-5-16(18-10-17-15)23-11(2)3/h5-7,10-11,13-14,22H,4,8-9H2,1-3H3/t13-,14-/m1/s1. The highest BCUT2D eigenvalue weighted by Gasteiger charge is 2.34. The van der Waals surface area contributed by atoms with Crippen LogP contribution in [-0.2, 0) is 6.54 Å². The molecular weight excluding hydrogens is 310 g/mol. The summed E-state index contributed by atoms with van der Waals surface area (Å²) >= 11 is 0. The lowest BCUT2D eigenvalue weighted by Gasteiger charge is -2.18. The molecule has 24 heavy (non-hydrogen) atoms. The molecule has 0 amide bonds. The number of hydrogen-bond acceptors (Lipinski definition) is 7. The molecule has 1 aliphatic heterocycles. The molecule has 2 aromatic rings. The van der Waals surface area contributed by atoms with Crippen molar-refractivity contribution in [1.29, 1.82) is 0 Å². The summed E-state index contributed by atoms with van der Waals surface area (Å²) in [5.41, 5.74) is 0. The van der Waals surface area contributed by atoms with E-state index in [2.05, 4.69) is 15.1 Å². The van der Waals surface area contributed by atoms with Crippen LogP contribution in [-0.4, -0.2) is 56.3 Å². The van der Waals surface area contributed by atoms with E-state index in [0.29, 0.717) is 24.7 Å². The van der Waals surface area contributed by atoms with Crippen LogP contribution in [0.25, 0.3) is 0 Å². The second-order valence-corrected chi connectivity index (χ2v) is 6.04. The normalized spacial score (nSPS) is 20.6. The van der Waals surface area contributed by atoms with Gasteiger partial charge in [0.2, 0.25) is 5.88 Å². The van der Waals surface area contributed by atoms with E-state index in [0.717, 1.165) is 12.4 Å². The molecule has 0 unspecified atom stereocenters. The first-order valence-corrected chi connectivity index (χ1v) is 8.16. The number of nitrogens with zero attached hydrogens (tertiary/aromatic N) is 5. The summed E-state index contributed by atoms with van der Waals surface area (Å²) in [5, 5.41) is 14.5. The molecule has 3 rings (SSSR count). The molecule has 2 atom stereocenters. The Morgan fingerprint density at radius 2 is 2.17 bits per heavy atom. The van der Waals surface area contributed by atoms with Gasteiger partial charge < -0.3 is 19.5 Å². The smallest absolute Gasteiger partial charge is 0.218 e. The van der Waals surface area contributed by atoms with E-state index in [-0.39, 0.29) is 12.2 Å². The van der Waals surface area contributed by atoms with Gasteiger partial charge >= 0.3 is 0 Å². The predicted octanol–water partition coefficient (Wildman–Crippen LogP) is 1.11. The minimum atomic E-state index is -0.598. The largest absolute Gasteiger partial charge is 0.482 e. The second kappa shape index (κ2) is 7.04. The Hall–Kier alpha value is -2.35. The summed E-state index contributed by atoms with van der Waals surface area (Å²) in [6.07, 6.45) is 4.08. The third kappa shape index (κ3) is 3.76. The maximum Gasteiger partial charge on any atom is 0.218 e. The summed E-state index contributed by atoms with van der Waals surface area (Å²) in [4.78, 5) is 10.3. The summed E-state index contributed by atoms with van der Waals surface area (Å²) in [6, 6.07) is 1.78. The first kappa shape index (κ1) is 16.5. The van der Waals surface area contributed by atoms with Crippen molar-refractivity contribution in [3.63, 3.8) is 0 Å². The van der Waals surface area contributed by atoms with Gasteiger partial charge in [0.15, 0.2) is 5.75 Å². The lowest BCUT2D eigenvalue weighted by Crippen LogP contribution is -2.29. The summed E-state index contributed by atoms with van der Waals surface area (Å²) in [5.74, 6) is 1.91. The lowest BCUT2D eigenvalue weighted by molar-refractivity contribution is 0.0737. The molecule has 130 valence electrons. The Morgan fingerprint density at radius 3 is 2.88 bits per heavy atom. The maximum atomic E-state index is 10.3. The average molecular weight is 333 g/mol. The van der Waals surface area contributed by atoms with Crippen LogP contribution in [0.15, 0.2) is 24.8 Å². The molecule has 0 bridgehead atoms. The number of ether oxygens (including phenoxy) is 2. The molecule has 1 aliphatic rings. The molecule has 0 radical (unpaired) electrons. The van der Waals surface area contributed by atoms with Crippen molar-refractivity contribution in [2.75, 3.05) is 18.0 Å². The molecule has 8 heteroatoms. The summed E-state index contributed by atoms with van der Waals surface area (Å²) in [7, 11) is 0. The Labute approximate surface area is 141 Å². The third-order valence-corrected chi connectivity index (χ3v) is 3.77. The van der Waals surface area contributed by atoms with E-state index in [1.165, 1.54) is 6.33 Å². The highest BCUT2D eigenvalue weighted by atomic mass is 16.5. The fourth-order valence-corrected chi connectivity index (χ4v) is 2.62. The van der Waals surface area contributed by atoms with E-state index in [9.17, 15) is 5.11 Å². The Bertz CT molecular complexity index is 675. The highest BCUT2D eigenvalue weighted by Crippen LogP contribution is 2.24. The number of aliphatic hydroxyl groups excluding tert-OH is 1. The number of aromatic nitrogens is 4. The monoisotopic (exact) mass is 333 g/mol. The molecule has 0 saturated carbocycles. The lowest BCUT2D eigenvalue weighted by atomic mass is 10.3. The minimum absolute atomic E-state index is 0.0445.